The Hall–Kier alpha value is -2.59. The highest BCUT2D eigenvalue weighted by molar-refractivity contribution is 7.21. The summed E-state index contributed by atoms with van der Waals surface area (Å²) in [7, 11) is 0. The number of nitrogens with two attached hydrogens (primary N) is 1. The molecule has 0 fully saturated rings. The van der Waals surface area contributed by atoms with Gasteiger partial charge in [-0.3, -0.25) is 14.3 Å². The van der Waals surface area contributed by atoms with E-state index in [9.17, 15) is 18.4 Å². The maximum atomic E-state index is 13.0. The number of rotatable bonds is 6. The fourth-order valence-corrected chi connectivity index (χ4v) is 3.81. The van der Waals surface area contributed by atoms with Gasteiger partial charge in [0.2, 0.25) is 5.91 Å². The van der Waals surface area contributed by atoms with Crippen molar-refractivity contribution in [3.8, 4) is 0 Å². The Bertz CT molecular complexity index is 1030. The van der Waals surface area contributed by atoms with Gasteiger partial charge in [-0.05, 0) is 18.6 Å². The quantitative estimate of drug-likeness (QED) is 0.645. The minimum Gasteiger partial charge on any atom is -0.365 e. The van der Waals surface area contributed by atoms with Crippen molar-refractivity contribution in [1.29, 1.82) is 0 Å². The molecule has 142 valence electrons. The van der Waals surface area contributed by atoms with Crippen molar-refractivity contribution in [2.75, 3.05) is 5.32 Å². The summed E-state index contributed by atoms with van der Waals surface area (Å²) in [6.07, 6.45) is 0.344. The maximum absolute atomic E-state index is 13.0. The number of thiophene rings is 1. The Morgan fingerprint density at radius 2 is 2.19 bits per heavy atom. The second kappa shape index (κ2) is 7.57. The molecule has 2 amide bonds. The van der Waals surface area contributed by atoms with E-state index in [4.69, 9.17) is 17.3 Å². The zero-order chi connectivity index (χ0) is 19.7. The number of anilines is 1. The van der Waals surface area contributed by atoms with Crippen molar-refractivity contribution in [3.05, 3.63) is 39.6 Å². The number of aryl methyl sites for hydroxylation is 2. The van der Waals surface area contributed by atoms with Gasteiger partial charge in [-0.15, -0.1) is 11.3 Å². The van der Waals surface area contributed by atoms with Crippen LogP contribution in [0, 0.1) is 6.92 Å². The lowest BCUT2D eigenvalue weighted by Gasteiger charge is -2.08. The van der Waals surface area contributed by atoms with Crippen LogP contribution in [-0.2, 0) is 11.3 Å². The lowest BCUT2D eigenvalue weighted by molar-refractivity contribution is -0.116. The van der Waals surface area contributed by atoms with Gasteiger partial charge in [0.05, 0.1) is 16.9 Å². The first-order chi connectivity index (χ1) is 12.8. The van der Waals surface area contributed by atoms with E-state index in [2.05, 4.69) is 15.4 Å². The highest BCUT2D eigenvalue weighted by Gasteiger charge is 2.23. The molecule has 27 heavy (non-hydrogen) atoms. The molecule has 0 aliphatic heterocycles. The van der Waals surface area contributed by atoms with Crippen LogP contribution in [0.1, 0.15) is 33.8 Å². The number of nitrogens with one attached hydrogen (secondary N) is 1. The summed E-state index contributed by atoms with van der Waals surface area (Å²) >= 11 is 6.64. The van der Waals surface area contributed by atoms with Crippen LogP contribution >= 0.6 is 22.9 Å². The molecule has 0 saturated carbocycles. The number of pyridine rings is 1. The number of hydrogen-bond donors (Lipinski definition) is 2. The molecule has 3 N–H and O–H groups in total. The highest BCUT2D eigenvalue weighted by atomic mass is 35.5. The minimum absolute atomic E-state index is 0.0579. The van der Waals surface area contributed by atoms with E-state index in [1.54, 1.807) is 13.1 Å². The molecule has 0 unspecified atom stereocenters. The molecular formula is C16H14ClF2N5O2S. The average Bonchev–Trinajstić information content (AvgIpc) is 3.17. The minimum atomic E-state index is -2.74. The summed E-state index contributed by atoms with van der Waals surface area (Å²) in [4.78, 5) is 28.2. The van der Waals surface area contributed by atoms with E-state index in [1.807, 2.05) is 0 Å². The van der Waals surface area contributed by atoms with E-state index in [-0.39, 0.29) is 34.3 Å². The number of alkyl halides is 2. The fraction of sp³-hybridized carbons (Fsp3) is 0.250. The number of carbonyl (C=O) groups excluding carboxylic acids is 2. The van der Waals surface area contributed by atoms with E-state index < -0.39 is 18.0 Å². The molecule has 0 bridgehead atoms. The van der Waals surface area contributed by atoms with Crippen LogP contribution in [-0.4, -0.2) is 26.6 Å². The first kappa shape index (κ1) is 19.2. The summed E-state index contributed by atoms with van der Waals surface area (Å²) in [6.45, 7) is 1.88. The standard InChI is InChI=1S/C16H14ClF2N5O2S/c1-7-4-9(14(18)19)22-16-11(7)12(13(27-16)15(20)26)23-10(25)2-3-24-6-8(17)5-21-24/h4-6,14H,2-3H2,1H3,(H2,20,26)(H,23,25). The molecule has 0 atom stereocenters. The molecule has 3 aromatic rings. The van der Waals surface area contributed by atoms with Crippen molar-refractivity contribution < 1.29 is 18.4 Å². The first-order valence-corrected chi connectivity index (χ1v) is 8.95. The predicted octanol–water partition coefficient (Wildman–Crippen LogP) is 3.52. The molecule has 0 aliphatic carbocycles. The normalized spacial score (nSPS) is 11.3. The van der Waals surface area contributed by atoms with Gasteiger partial charge in [0.25, 0.3) is 12.3 Å². The van der Waals surface area contributed by atoms with Crippen LogP contribution < -0.4 is 11.1 Å². The van der Waals surface area contributed by atoms with Crippen LogP contribution in [0.15, 0.2) is 18.5 Å². The lowest BCUT2D eigenvalue weighted by Crippen LogP contribution is -2.18. The maximum Gasteiger partial charge on any atom is 0.280 e. The third-order valence-corrected chi connectivity index (χ3v) is 5.05. The number of fused-ring (bicyclic) bond motifs is 1. The molecule has 3 rings (SSSR count). The Balaban J connectivity index is 1.90. The van der Waals surface area contributed by atoms with Gasteiger partial charge in [-0.25, -0.2) is 13.8 Å². The number of aromatic nitrogens is 3. The van der Waals surface area contributed by atoms with Crippen LogP contribution in [0.25, 0.3) is 10.2 Å². The molecule has 7 nitrogen and oxygen atoms in total. The van der Waals surface area contributed by atoms with Gasteiger partial charge in [0.15, 0.2) is 0 Å². The predicted molar refractivity (Wildman–Crippen MR) is 98.3 cm³/mol. The highest BCUT2D eigenvalue weighted by Crippen LogP contribution is 2.38. The third-order valence-electron chi connectivity index (χ3n) is 3.76. The van der Waals surface area contributed by atoms with Crippen molar-refractivity contribution in [1.82, 2.24) is 14.8 Å². The summed E-state index contributed by atoms with van der Waals surface area (Å²) in [5, 5.41) is 7.50. The Labute approximate surface area is 161 Å². The van der Waals surface area contributed by atoms with Crippen LogP contribution in [0.5, 0.6) is 0 Å². The summed E-state index contributed by atoms with van der Waals surface area (Å²) in [6, 6.07) is 1.23. The SMILES string of the molecule is Cc1cc(C(F)F)nc2sc(C(N)=O)c(NC(=O)CCn3cc(Cl)cn3)c12. The van der Waals surface area contributed by atoms with Crippen LogP contribution in [0.4, 0.5) is 14.5 Å². The number of halogens is 3. The van der Waals surface area contributed by atoms with Crippen LogP contribution in [0.3, 0.4) is 0 Å². The lowest BCUT2D eigenvalue weighted by atomic mass is 10.1. The summed E-state index contributed by atoms with van der Waals surface area (Å²) in [5.41, 5.74) is 5.65. The molecule has 0 spiro atoms. The fourth-order valence-electron chi connectivity index (χ4n) is 2.59. The third kappa shape index (κ3) is 4.06. The molecular weight excluding hydrogens is 400 g/mol. The van der Waals surface area contributed by atoms with Gasteiger partial charge < -0.3 is 11.1 Å². The second-order valence-electron chi connectivity index (χ2n) is 5.74. The number of carbonyl (C=O) groups is 2. The number of nitrogens with zero attached hydrogens (tertiary/aromatic N) is 3. The van der Waals surface area contributed by atoms with Crippen LogP contribution in [0.2, 0.25) is 5.02 Å². The molecule has 0 aromatic carbocycles. The van der Waals surface area contributed by atoms with Crippen molar-refractivity contribution in [2.45, 2.75) is 26.3 Å². The zero-order valence-corrected chi connectivity index (χ0v) is 15.6. The smallest absolute Gasteiger partial charge is 0.280 e. The Morgan fingerprint density at radius 1 is 1.44 bits per heavy atom. The largest absolute Gasteiger partial charge is 0.365 e. The van der Waals surface area contributed by atoms with Gasteiger partial charge >= 0.3 is 0 Å². The molecule has 11 heteroatoms. The second-order valence-corrected chi connectivity index (χ2v) is 7.17. The summed E-state index contributed by atoms with van der Waals surface area (Å²) in [5.74, 6) is -1.16. The molecule has 0 aliphatic rings. The van der Waals surface area contributed by atoms with Crippen molar-refractivity contribution in [2.24, 2.45) is 5.73 Å². The van der Waals surface area contributed by atoms with Gasteiger partial charge in [0.1, 0.15) is 15.4 Å². The molecule has 3 heterocycles. The van der Waals surface area contributed by atoms with E-state index in [1.165, 1.54) is 16.9 Å². The average molecular weight is 414 g/mol. The Morgan fingerprint density at radius 3 is 2.78 bits per heavy atom. The number of primary amides is 1. The van der Waals surface area contributed by atoms with E-state index in [0.29, 0.717) is 16.0 Å². The summed E-state index contributed by atoms with van der Waals surface area (Å²) < 4.78 is 27.5. The van der Waals surface area contributed by atoms with Gasteiger partial charge in [0, 0.05) is 24.5 Å². The monoisotopic (exact) mass is 413 g/mol. The Kier molecular flexibility index (Phi) is 5.38. The van der Waals surface area contributed by atoms with Crippen molar-refractivity contribution in [3.63, 3.8) is 0 Å². The molecule has 0 radical (unpaired) electrons. The molecule has 3 aromatic heterocycles. The van der Waals surface area contributed by atoms with E-state index in [0.717, 1.165) is 11.3 Å². The number of amides is 2. The number of hydrogen-bond acceptors (Lipinski definition) is 5. The van der Waals surface area contributed by atoms with Crippen molar-refractivity contribution >= 4 is 50.7 Å². The van der Waals surface area contributed by atoms with Gasteiger partial charge in [-0.2, -0.15) is 5.10 Å². The first-order valence-electron chi connectivity index (χ1n) is 7.76. The zero-order valence-electron chi connectivity index (χ0n) is 14.0. The topological polar surface area (TPSA) is 103 Å². The van der Waals surface area contributed by atoms with Gasteiger partial charge in [-0.1, -0.05) is 11.6 Å². The van der Waals surface area contributed by atoms with E-state index >= 15 is 0 Å². The molecule has 0 saturated heterocycles.